The highest BCUT2D eigenvalue weighted by Crippen LogP contribution is 2.37. The largest absolute Gasteiger partial charge is 0.241 e. The summed E-state index contributed by atoms with van der Waals surface area (Å²) in [5, 5.41) is 1.51. The molecule has 0 aliphatic carbocycles. The molecule has 2 aromatic rings. The van der Waals surface area contributed by atoms with E-state index in [1.807, 2.05) is 13.8 Å². The fraction of sp³-hybridized carbons (Fsp3) is 0.167. The van der Waals surface area contributed by atoms with Crippen LogP contribution in [-0.4, -0.2) is 9.97 Å². The maximum Gasteiger partial charge on any atom is 0.125 e. The van der Waals surface area contributed by atoms with Crippen molar-refractivity contribution in [2.45, 2.75) is 13.8 Å². The SMILES string of the molecule is Cc1ncc(-c2c(Cl)cc(Cl)cc2Cl)c(C)n1. The van der Waals surface area contributed by atoms with Crippen LogP contribution >= 0.6 is 34.8 Å². The summed E-state index contributed by atoms with van der Waals surface area (Å²) in [7, 11) is 0. The van der Waals surface area contributed by atoms with Crippen molar-refractivity contribution in [3.05, 3.63) is 44.9 Å². The van der Waals surface area contributed by atoms with Gasteiger partial charge in [-0.15, -0.1) is 0 Å². The molecule has 0 saturated carbocycles. The number of hydrogen-bond donors (Lipinski definition) is 0. The molecule has 0 amide bonds. The van der Waals surface area contributed by atoms with Gasteiger partial charge in [0.25, 0.3) is 0 Å². The lowest BCUT2D eigenvalue weighted by Gasteiger charge is -2.10. The van der Waals surface area contributed by atoms with Crippen molar-refractivity contribution in [3.8, 4) is 11.1 Å². The molecular weight excluding hydrogens is 279 g/mol. The summed E-state index contributed by atoms with van der Waals surface area (Å²) in [6.07, 6.45) is 1.72. The third-order valence-electron chi connectivity index (χ3n) is 2.38. The Labute approximate surface area is 115 Å². The van der Waals surface area contributed by atoms with Gasteiger partial charge in [-0.1, -0.05) is 34.8 Å². The van der Waals surface area contributed by atoms with Gasteiger partial charge in [-0.3, -0.25) is 0 Å². The van der Waals surface area contributed by atoms with E-state index >= 15 is 0 Å². The summed E-state index contributed by atoms with van der Waals surface area (Å²) in [4.78, 5) is 8.45. The van der Waals surface area contributed by atoms with E-state index in [1.165, 1.54) is 0 Å². The van der Waals surface area contributed by atoms with Crippen molar-refractivity contribution in [2.75, 3.05) is 0 Å². The minimum atomic E-state index is 0.498. The maximum atomic E-state index is 6.16. The molecule has 0 unspecified atom stereocenters. The van der Waals surface area contributed by atoms with Crippen LogP contribution in [0, 0.1) is 13.8 Å². The lowest BCUT2D eigenvalue weighted by Crippen LogP contribution is -1.95. The number of halogens is 3. The number of aryl methyl sites for hydroxylation is 2. The first kappa shape index (κ1) is 12.6. The minimum absolute atomic E-state index is 0.498. The van der Waals surface area contributed by atoms with E-state index in [9.17, 15) is 0 Å². The van der Waals surface area contributed by atoms with Crippen LogP contribution in [0.2, 0.25) is 15.1 Å². The number of rotatable bonds is 1. The van der Waals surface area contributed by atoms with Gasteiger partial charge < -0.3 is 0 Å². The Morgan fingerprint density at radius 2 is 1.59 bits per heavy atom. The van der Waals surface area contributed by atoms with Crippen molar-refractivity contribution >= 4 is 34.8 Å². The highest BCUT2D eigenvalue weighted by molar-refractivity contribution is 6.41. The minimum Gasteiger partial charge on any atom is -0.241 e. The molecule has 0 atom stereocenters. The molecule has 1 aromatic carbocycles. The highest BCUT2D eigenvalue weighted by atomic mass is 35.5. The van der Waals surface area contributed by atoms with Crippen LogP contribution in [0.15, 0.2) is 18.3 Å². The molecule has 1 aromatic heterocycles. The van der Waals surface area contributed by atoms with E-state index in [0.717, 1.165) is 16.8 Å². The monoisotopic (exact) mass is 286 g/mol. The second kappa shape index (κ2) is 4.81. The Balaban J connectivity index is 2.68. The summed E-state index contributed by atoms with van der Waals surface area (Å²) in [6, 6.07) is 3.31. The second-order valence-electron chi connectivity index (χ2n) is 3.66. The first-order valence-corrected chi connectivity index (χ1v) is 6.07. The van der Waals surface area contributed by atoms with Gasteiger partial charge in [-0.25, -0.2) is 9.97 Å². The van der Waals surface area contributed by atoms with Crippen LogP contribution in [0.1, 0.15) is 11.5 Å². The van der Waals surface area contributed by atoms with E-state index in [1.54, 1.807) is 18.3 Å². The van der Waals surface area contributed by atoms with Crippen molar-refractivity contribution in [2.24, 2.45) is 0 Å². The molecule has 0 saturated heterocycles. The van der Waals surface area contributed by atoms with Gasteiger partial charge in [0.05, 0.1) is 10.0 Å². The lowest BCUT2D eigenvalue weighted by atomic mass is 10.1. The molecule has 17 heavy (non-hydrogen) atoms. The number of aromatic nitrogens is 2. The predicted octanol–water partition coefficient (Wildman–Crippen LogP) is 4.72. The van der Waals surface area contributed by atoms with Gasteiger partial charge in [0.15, 0.2) is 0 Å². The zero-order valence-corrected chi connectivity index (χ0v) is 11.5. The predicted molar refractivity (Wildman–Crippen MR) is 72.0 cm³/mol. The van der Waals surface area contributed by atoms with Gasteiger partial charge in [0.1, 0.15) is 5.82 Å². The van der Waals surface area contributed by atoms with Crippen LogP contribution in [0.3, 0.4) is 0 Å². The zero-order chi connectivity index (χ0) is 12.6. The van der Waals surface area contributed by atoms with Crippen molar-refractivity contribution in [3.63, 3.8) is 0 Å². The Morgan fingerprint density at radius 1 is 1.00 bits per heavy atom. The normalized spacial score (nSPS) is 10.6. The van der Waals surface area contributed by atoms with Gasteiger partial charge in [-0.2, -0.15) is 0 Å². The first-order chi connectivity index (χ1) is 7.99. The number of nitrogens with zero attached hydrogens (tertiary/aromatic N) is 2. The maximum absolute atomic E-state index is 6.16. The van der Waals surface area contributed by atoms with Gasteiger partial charge in [0, 0.05) is 28.0 Å². The highest BCUT2D eigenvalue weighted by Gasteiger charge is 2.13. The standard InChI is InChI=1S/C12H9Cl3N2/c1-6-9(5-16-7(2)17-6)12-10(14)3-8(13)4-11(12)15/h3-5H,1-2H3. The third kappa shape index (κ3) is 2.54. The molecule has 0 aliphatic rings. The smallest absolute Gasteiger partial charge is 0.125 e. The molecule has 0 N–H and O–H groups in total. The van der Waals surface area contributed by atoms with Crippen LogP contribution in [0.4, 0.5) is 0 Å². The quantitative estimate of drug-likeness (QED) is 0.758. The summed E-state index contributed by atoms with van der Waals surface area (Å²) < 4.78 is 0. The Hall–Kier alpha value is -0.830. The molecule has 0 aliphatic heterocycles. The number of hydrogen-bond acceptors (Lipinski definition) is 2. The lowest BCUT2D eigenvalue weighted by molar-refractivity contribution is 1.01. The van der Waals surface area contributed by atoms with Crippen LogP contribution in [0.5, 0.6) is 0 Å². The summed E-state index contributed by atoms with van der Waals surface area (Å²) >= 11 is 18.2. The van der Waals surface area contributed by atoms with E-state index in [2.05, 4.69) is 9.97 Å². The van der Waals surface area contributed by atoms with Crippen molar-refractivity contribution < 1.29 is 0 Å². The summed E-state index contributed by atoms with van der Waals surface area (Å²) in [5.74, 6) is 0.715. The van der Waals surface area contributed by atoms with Crippen molar-refractivity contribution in [1.29, 1.82) is 0 Å². The average molecular weight is 288 g/mol. The Morgan fingerprint density at radius 3 is 2.12 bits per heavy atom. The van der Waals surface area contributed by atoms with Crippen LogP contribution in [0.25, 0.3) is 11.1 Å². The van der Waals surface area contributed by atoms with Crippen molar-refractivity contribution in [1.82, 2.24) is 9.97 Å². The molecule has 0 radical (unpaired) electrons. The van der Waals surface area contributed by atoms with Gasteiger partial charge >= 0.3 is 0 Å². The molecule has 2 nitrogen and oxygen atoms in total. The fourth-order valence-electron chi connectivity index (χ4n) is 1.63. The first-order valence-electron chi connectivity index (χ1n) is 4.94. The fourth-order valence-corrected chi connectivity index (χ4v) is 2.65. The molecule has 0 fully saturated rings. The van der Waals surface area contributed by atoms with E-state index in [-0.39, 0.29) is 0 Å². The molecule has 0 spiro atoms. The van der Waals surface area contributed by atoms with Crippen LogP contribution in [-0.2, 0) is 0 Å². The molecule has 1 heterocycles. The Bertz CT molecular complexity index is 559. The Kier molecular flexibility index (Phi) is 3.57. The van der Waals surface area contributed by atoms with Crippen LogP contribution < -0.4 is 0 Å². The second-order valence-corrected chi connectivity index (χ2v) is 4.91. The zero-order valence-electron chi connectivity index (χ0n) is 9.26. The van der Waals surface area contributed by atoms with E-state index in [4.69, 9.17) is 34.8 Å². The average Bonchev–Trinajstić information content (AvgIpc) is 2.19. The molecule has 2 rings (SSSR count). The number of benzene rings is 1. The molecule has 88 valence electrons. The van der Waals surface area contributed by atoms with Gasteiger partial charge in [-0.05, 0) is 26.0 Å². The topological polar surface area (TPSA) is 25.8 Å². The molecular formula is C12H9Cl3N2. The van der Waals surface area contributed by atoms with Gasteiger partial charge in [0.2, 0.25) is 0 Å². The summed E-state index contributed by atoms with van der Waals surface area (Å²) in [6.45, 7) is 3.73. The third-order valence-corrected chi connectivity index (χ3v) is 3.19. The van der Waals surface area contributed by atoms with E-state index in [0.29, 0.717) is 20.9 Å². The summed E-state index contributed by atoms with van der Waals surface area (Å²) in [5.41, 5.74) is 2.38. The molecule has 0 bridgehead atoms. The van der Waals surface area contributed by atoms with E-state index < -0.39 is 0 Å². The molecule has 5 heteroatoms.